The number of hydrogen-bond donors (Lipinski definition) is 3. The molecule has 0 spiro atoms. The number of anilines is 1. The van der Waals surface area contributed by atoms with Crippen molar-refractivity contribution < 1.29 is 31.9 Å². The van der Waals surface area contributed by atoms with Gasteiger partial charge in [0.05, 0.1) is 18.2 Å². The summed E-state index contributed by atoms with van der Waals surface area (Å²) in [6.07, 6.45) is -2.24. The third-order valence-corrected chi connectivity index (χ3v) is 5.52. The molecular formula is C22H25ClF4N6O3. The summed E-state index contributed by atoms with van der Waals surface area (Å²) in [6, 6.07) is 3.10. The summed E-state index contributed by atoms with van der Waals surface area (Å²) < 4.78 is 59.6. The Balaban J connectivity index is 1.80. The van der Waals surface area contributed by atoms with Gasteiger partial charge in [0.15, 0.2) is 5.69 Å². The SMILES string of the molecule is CCOC(=O)NC1CCC(N=C(NC(=O)c2cn(C)nc2C(F)(F)F)Nc2cc(F)cc(Cl)c2)CC1. The van der Waals surface area contributed by atoms with Gasteiger partial charge in [-0.2, -0.15) is 18.3 Å². The summed E-state index contributed by atoms with van der Waals surface area (Å²) in [7, 11) is 1.26. The van der Waals surface area contributed by atoms with Crippen LogP contribution in [-0.2, 0) is 18.0 Å². The van der Waals surface area contributed by atoms with Crippen LogP contribution in [0.1, 0.15) is 48.7 Å². The van der Waals surface area contributed by atoms with E-state index in [1.54, 1.807) is 6.92 Å². The summed E-state index contributed by atoms with van der Waals surface area (Å²) in [5, 5.41) is 11.2. The smallest absolute Gasteiger partial charge is 0.435 e. The fourth-order valence-corrected chi connectivity index (χ4v) is 3.99. The van der Waals surface area contributed by atoms with E-state index in [9.17, 15) is 27.2 Å². The number of alkyl carbamates (subject to hydrolysis) is 1. The van der Waals surface area contributed by atoms with Crippen LogP contribution in [0.4, 0.5) is 28.0 Å². The summed E-state index contributed by atoms with van der Waals surface area (Å²) in [5.74, 6) is -1.94. The number of nitrogens with zero attached hydrogens (tertiary/aromatic N) is 3. The van der Waals surface area contributed by atoms with Gasteiger partial charge in [0.25, 0.3) is 5.91 Å². The van der Waals surface area contributed by atoms with Crippen LogP contribution in [0.3, 0.4) is 0 Å². The molecule has 1 aliphatic carbocycles. The third kappa shape index (κ3) is 7.57. The van der Waals surface area contributed by atoms with E-state index in [-0.39, 0.29) is 35.4 Å². The molecule has 1 heterocycles. The fourth-order valence-electron chi connectivity index (χ4n) is 3.77. The van der Waals surface area contributed by atoms with E-state index >= 15 is 0 Å². The number of alkyl halides is 3. The lowest BCUT2D eigenvalue weighted by atomic mass is 9.92. The van der Waals surface area contributed by atoms with Crippen LogP contribution in [0, 0.1) is 5.82 Å². The van der Waals surface area contributed by atoms with Crippen molar-refractivity contribution in [2.45, 2.75) is 50.9 Å². The number of benzene rings is 1. The molecule has 2 amide bonds. The zero-order valence-electron chi connectivity index (χ0n) is 19.5. The molecular weight excluding hydrogens is 508 g/mol. The van der Waals surface area contributed by atoms with Gasteiger partial charge < -0.3 is 15.4 Å². The summed E-state index contributed by atoms with van der Waals surface area (Å²) in [6.45, 7) is 1.94. The second-order valence-electron chi connectivity index (χ2n) is 8.15. The van der Waals surface area contributed by atoms with Gasteiger partial charge in [0.2, 0.25) is 5.96 Å². The minimum absolute atomic E-state index is 0.0698. The van der Waals surface area contributed by atoms with Crippen molar-refractivity contribution in [1.29, 1.82) is 0 Å². The van der Waals surface area contributed by atoms with Crippen molar-refractivity contribution >= 4 is 35.2 Å². The zero-order valence-corrected chi connectivity index (χ0v) is 20.2. The van der Waals surface area contributed by atoms with Crippen molar-refractivity contribution in [3.8, 4) is 0 Å². The molecule has 1 aliphatic rings. The summed E-state index contributed by atoms with van der Waals surface area (Å²) in [4.78, 5) is 28.9. The minimum Gasteiger partial charge on any atom is -0.450 e. The van der Waals surface area contributed by atoms with E-state index in [1.807, 2.05) is 0 Å². The second-order valence-corrected chi connectivity index (χ2v) is 8.58. The average Bonchev–Trinajstić information content (AvgIpc) is 3.17. The Kier molecular flexibility index (Phi) is 8.77. The number of hydrogen-bond acceptors (Lipinski definition) is 5. The first-order chi connectivity index (χ1) is 16.9. The number of nitrogens with one attached hydrogen (secondary N) is 3. The molecule has 1 aromatic carbocycles. The maximum absolute atomic E-state index is 13.8. The molecule has 0 atom stereocenters. The lowest BCUT2D eigenvalue weighted by Crippen LogP contribution is -2.40. The molecule has 0 radical (unpaired) electrons. The Morgan fingerprint density at radius 2 is 1.92 bits per heavy atom. The van der Waals surface area contributed by atoms with Crippen molar-refractivity contribution in [3.05, 3.63) is 46.5 Å². The first-order valence-electron chi connectivity index (χ1n) is 11.1. The van der Waals surface area contributed by atoms with Gasteiger partial charge in [0, 0.05) is 30.0 Å². The van der Waals surface area contributed by atoms with Crippen LogP contribution in [0.2, 0.25) is 5.02 Å². The van der Waals surface area contributed by atoms with E-state index in [4.69, 9.17) is 16.3 Å². The predicted molar refractivity (Wildman–Crippen MR) is 124 cm³/mol. The van der Waals surface area contributed by atoms with E-state index < -0.39 is 35.3 Å². The van der Waals surface area contributed by atoms with Gasteiger partial charge in [-0.15, -0.1) is 0 Å². The first kappa shape index (κ1) is 27.2. The summed E-state index contributed by atoms with van der Waals surface area (Å²) in [5.41, 5.74) is -1.90. The maximum atomic E-state index is 13.8. The van der Waals surface area contributed by atoms with Gasteiger partial charge in [0.1, 0.15) is 5.82 Å². The lowest BCUT2D eigenvalue weighted by Gasteiger charge is -2.27. The highest BCUT2D eigenvalue weighted by Crippen LogP contribution is 2.30. The number of carbonyl (C=O) groups is 2. The highest BCUT2D eigenvalue weighted by Gasteiger charge is 2.39. The van der Waals surface area contributed by atoms with Gasteiger partial charge in [-0.3, -0.25) is 14.8 Å². The number of rotatable bonds is 5. The van der Waals surface area contributed by atoms with Crippen LogP contribution in [0.15, 0.2) is 29.4 Å². The maximum Gasteiger partial charge on any atom is 0.435 e. The number of amides is 2. The molecule has 196 valence electrons. The third-order valence-electron chi connectivity index (χ3n) is 5.30. The van der Waals surface area contributed by atoms with Crippen LogP contribution in [0.5, 0.6) is 0 Å². The standard InChI is InChI=1S/C22H25ClF4N6O3/c1-3-36-21(35)30-15-6-4-14(5-7-15)28-20(29-16-9-12(23)8-13(24)10-16)31-19(34)17-11-33(2)32-18(17)22(25,26)27/h8-11,14-15H,3-7H2,1-2H3,(H,30,35)(H2,28,29,31,34). The number of ether oxygens (including phenoxy) is 1. The number of carbonyl (C=O) groups excluding carboxylic acids is 2. The van der Waals surface area contributed by atoms with Gasteiger partial charge in [-0.05, 0) is 50.8 Å². The first-order valence-corrected chi connectivity index (χ1v) is 11.5. The molecule has 3 rings (SSSR count). The molecule has 2 aromatic rings. The van der Waals surface area contributed by atoms with Gasteiger partial charge >= 0.3 is 12.3 Å². The number of aromatic nitrogens is 2. The quantitative estimate of drug-likeness (QED) is 0.299. The molecule has 0 saturated heterocycles. The van der Waals surface area contributed by atoms with E-state index in [2.05, 4.69) is 26.0 Å². The second kappa shape index (κ2) is 11.6. The van der Waals surface area contributed by atoms with Gasteiger partial charge in [-0.1, -0.05) is 11.6 Å². The van der Waals surface area contributed by atoms with Crippen molar-refractivity contribution in [2.24, 2.45) is 12.0 Å². The zero-order chi connectivity index (χ0) is 26.5. The Hall–Kier alpha value is -3.35. The molecule has 0 aliphatic heterocycles. The van der Waals surface area contributed by atoms with Crippen molar-refractivity contribution in [3.63, 3.8) is 0 Å². The highest BCUT2D eigenvalue weighted by atomic mass is 35.5. The monoisotopic (exact) mass is 532 g/mol. The molecule has 3 N–H and O–H groups in total. The Labute approximate surface area is 209 Å². The number of aryl methyl sites for hydroxylation is 1. The number of guanidine groups is 1. The van der Waals surface area contributed by atoms with Crippen molar-refractivity contribution in [2.75, 3.05) is 11.9 Å². The number of aliphatic imine (C=N–C) groups is 1. The molecule has 1 fully saturated rings. The van der Waals surface area contributed by atoms with E-state index in [0.29, 0.717) is 25.7 Å². The van der Waals surface area contributed by atoms with E-state index in [1.165, 1.54) is 13.1 Å². The number of halogens is 5. The largest absolute Gasteiger partial charge is 0.450 e. The van der Waals surface area contributed by atoms with Crippen LogP contribution in [0.25, 0.3) is 0 Å². The topological polar surface area (TPSA) is 110 Å². The van der Waals surface area contributed by atoms with Crippen LogP contribution < -0.4 is 16.0 Å². The van der Waals surface area contributed by atoms with Crippen LogP contribution in [-0.4, -0.2) is 46.4 Å². The molecule has 1 saturated carbocycles. The fraction of sp³-hybridized carbons (Fsp3) is 0.455. The lowest BCUT2D eigenvalue weighted by molar-refractivity contribution is -0.141. The molecule has 1 aromatic heterocycles. The molecule has 0 unspecified atom stereocenters. The molecule has 9 nitrogen and oxygen atoms in total. The van der Waals surface area contributed by atoms with Gasteiger partial charge in [-0.25, -0.2) is 14.2 Å². The predicted octanol–water partition coefficient (Wildman–Crippen LogP) is 4.49. The molecule has 14 heteroatoms. The summed E-state index contributed by atoms with van der Waals surface area (Å²) >= 11 is 5.89. The minimum atomic E-state index is -4.85. The van der Waals surface area contributed by atoms with Crippen LogP contribution >= 0.6 is 11.6 Å². The highest BCUT2D eigenvalue weighted by molar-refractivity contribution is 6.31. The molecule has 36 heavy (non-hydrogen) atoms. The molecule has 0 bridgehead atoms. The Morgan fingerprint density at radius 1 is 1.22 bits per heavy atom. The normalized spacial score (nSPS) is 18.5. The Bertz CT molecular complexity index is 1110. The van der Waals surface area contributed by atoms with Crippen molar-refractivity contribution in [1.82, 2.24) is 20.4 Å². The Morgan fingerprint density at radius 3 is 2.53 bits per heavy atom. The van der Waals surface area contributed by atoms with E-state index in [0.717, 1.165) is 23.0 Å². The average molecular weight is 533 g/mol.